The van der Waals surface area contributed by atoms with E-state index in [-0.39, 0.29) is 23.4 Å². The van der Waals surface area contributed by atoms with Crippen LogP contribution in [0.15, 0.2) is 33.9 Å². The second kappa shape index (κ2) is 4.69. The molecule has 2 aromatic rings. The van der Waals surface area contributed by atoms with Gasteiger partial charge in [0, 0.05) is 0 Å². The zero-order valence-electron chi connectivity index (χ0n) is 10.1. The lowest BCUT2D eigenvalue weighted by molar-refractivity contribution is 0.233. The molecule has 1 aromatic carbocycles. The maximum Gasteiger partial charge on any atom is 0.199 e. The molecule has 1 heterocycles. The van der Waals surface area contributed by atoms with Gasteiger partial charge in [0.2, 0.25) is 0 Å². The van der Waals surface area contributed by atoms with Crippen molar-refractivity contribution in [3.63, 3.8) is 0 Å². The summed E-state index contributed by atoms with van der Waals surface area (Å²) in [7, 11) is 0. The molecule has 0 amide bonds. The molecule has 0 aliphatic heterocycles. The van der Waals surface area contributed by atoms with Crippen LogP contribution in [0.2, 0.25) is 0 Å². The highest BCUT2D eigenvalue weighted by atomic mass is 16.6. The van der Waals surface area contributed by atoms with Gasteiger partial charge in [-0.1, -0.05) is 24.3 Å². The molecule has 7 nitrogen and oxygen atoms in total. The monoisotopic (exact) mass is 259 g/mol. The average Bonchev–Trinajstić information content (AvgIpc) is 3.03. The molecular weight excluding hydrogens is 246 g/mol. The largest absolute Gasteiger partial charge is 0.379 e. The van der Waals surface area contributed by atoms with E-state index >= 15 is 0 Å². The molecule has 0 fully saturated rings. The Morgan fingerprint density at radius 2 is 2.26 bits per heavy atom. The van der Waals surface area contributed by atoms with E-state index in [4.69, 9.17) is 5.73 Å². The first-order valence-electron chi connectivity index (χ1n) is 5.93. The highest BCUT2D eigenvalue weighted by Crippen LogP contribution is 2.34. The van der Waals surface area contributed by atoms with E-state index in [1.54, 1.807) is 0 Å². The molecule has 0 spiro atoms. The van der Waals surface area contributed by atoms with Crippen LogP contribution in [0.25, 0.3) is 0 Å². The fourth-order valence-electron chi connectivity index (χ4n) is 2.33. The number of nitrogens with one attached hydrogen (secondary N) is 1. The van der Waals surface area contributed by atoms with Gasteiger partial charge in [0.25, 0.3) is 0 Å². The van der Waals surface area contributed by atoms with Crippen LogP contribution in [-0.2, 0) is 6.42 Å². The van der Waals surface area contributed by atoms with Crippen molar-refractivity contribution in [2.75, 3.05) is 5.73 Å². The number of nitrogens with zero attached hydrogens (tertiary/aromatic N) is 3. The number of aryl methyl sites for hydroxylation is 1. The number of benzene rings is 1. The van der Waals surface area contributed by atoms with Crippen molar-refractivity contribution >= 4 is 11.7 Å². The summed E-state index contributed by atoms with van der Waals surface area (Å²) < 4.78 is 4.51. The van der Waals surface area contributed by atoms with Gasteiger partial charge in [-0.3, -0.25) is 15.7 Å². The maximum atomic E-state index is 9.18. The first-order chi connectivity index (χ1) is 9.29. The first kappa shape index (κ1) is 11.7. The predicted octanol–water partition coefficient (Wildman–Crippen LogP) is 1.06. The van der Waals surface area contributed by atoms with Crippen molar-refractivity contribution in [1.29, 1.82) is 0 Å². The third-order valence-corrected chi connectivity index (χ3v) is 3.23. The van der Waals surface area contributed by atoms with Crippen LogP contribution < -0.4 is 11.2 Å². The number of hydroxylamine groups is 1. The average molecular weight is 259 g/mol. The van der Waals surface area contributed by atoms with Gasteiger partial charge in [-0.2, -0.15) is 0 Å². The Labute approximate surface area is 109 Å². The zero-order valence-corrected chi connectivity index (χ0v) is 10.1. The fraction of sp³-hybridized carbons (Fsp3) is 0.250. The van der Waals surface area contributed by atoms with Gasteiger partial charge in [0.15, 0.2) is 17.3 Å². The van der Waals surface area contributed by atoms with Gasteiger partial charge in [-0.05, 0) is 34.3 Å². The first-order valence-corrected chi connectivity index (χ1v) is 5.93. The number of rotatable bonds is 2. The number of hydrogen-bond donors (Lipinski definition) is 3. The molecule has 7 heteroatoms. The SMILES string of the molecule is Nc1nonc1C(=N[C@@H]1CCc2ccccc21)NO. The topological polar surface area (TPSA) is 110 Å². The van der Waals surface area contributed by atoms with Gasteiger partial charge >= 0.3 is 0 Å². The number of fused-ring (bicyclic) bond motifs is 1. The normalized spacial score (nSPS) is 18.4. The Hall–Kier alpha value is -2.41. The van der Waals surface area contributed by atoms with Gasteiger partial charge in [-0.15, -0.1) is 0 Å². The summed E-state index contributed by atoms with van der Waals surface area (Å²) in [6.07, 6.45) is 1.85. The third kappa shape index (κ3) is 2.04. The predicted molar refractivity (Wildman–Crippen MR) is 67.7 cm³/mol. The van der Waals surface area contributed by atoms with Crippen LogP contribution in [-0.4, -0.2) is 21.4 Å². The molecule has 0 bridgehead atoms. The quantitative estimate of drug-likeness (QED) is 0.422. The Morgan fingerprint density at radius 1 is 1.42 bits per heavy atom. The maximum absolute atomic E-state index is 9.18. The molecule has 3 rings (SSSR count). The molecule has 1 aliphatic carbocycles. The second-order valence-electron chi connectivity index (χ2n) is 4.34. The number of hydrogen-bond acceptors (Lipinski definition) is 6. The van der Waals surface area contributed by atoms with Gasteiger partial charge in [-0.25, -0.2) is 4.63 Å². The van der Waals surface area contributed by atoms with E-state index in [1.807, 2.05) is 23.7 Å². The molecule has 1 atom stereocenters. The summed E-state index contributed by atoms with van der Waals surface area (Å²) in [5, 5.41) is 16.3. The van der Waals surface area contributed by atoms with E-state index in [0.717, 1.165) is 18.4 Å². The lowest BCUT2D eigenvalue weighted by atomic mass is 10.1. The number of nitrogen functional groups attached to an aromatic ring is 1. The van der Waals surface area contributed by atoms with E-state index in [9.17, 15) is 5.21 Å². The Morgan fingerprint density at radius 3 is 3.00 bits per heavy atom. The molecule has 4 N–H and O–H groups in total. The third-order valence-electron chi connectivity index (χ3n) is 3.23. The smallest absolute Gasteiger partial charge is 0.199 e. The summed E-state index contributed by atoms with van der Waals surface area (Å²) in [6, 6.07) is 8.08. The van der Waals surface area contributed by atoms with Crippen LogP contribution in [0.4, 0.5) is 5.82 Å². The van der Waals surface area contributed by atoms with Crippen molar-refractivity contribution < 1.29 is 9.84 Å². The van der Waals surface area contributed by atoms with E-state index < -0.39 is 0 Å². The summed E-state index contributed by atoms with van der Waals surface area (Å²) in [5.41, 5.74) is 10.2. The molecule has 1 aromatic heterocycles. The molecule has 19 heavy (non-hydrogen) atoms. The van der Waals surface area contributed by atoms with Crippen molar-refractivity contribution in [3.05, 3.63) is 41.1 Å². The van der Waals surface area contributed by atoms with Crippen molar-refractivity contribution in [3.8, 4) is 0 Å². The molecule has 98 valence electrons. The highest BCUT2D eigenvalue weighted by Gasteiger charge is 2.23. The lowest BCUT2D eigenvalue weighted by Gasteiger charge is -2.08. The van der Waals surface area contributed by atoms with E-state index in [0.29, 0.717) is 0 Å². The number of nitrogens with two attached hydrogens (primary N) is 1. The summed E-state index contributed by atoms with van der Waals surface area (Å²) in [4.78, 5) is 4.45. The highest BCUT2D eigenvalue weighted by molar-refractivity contribution is 5.99. The molecular formula is C12H13N5O2. The summed E-state index contributed by atoms with van der Waals surface area (Å²) in [6.45, 7) is 0. The van der Waals surface area contributed by atoms with Crippen molar-refractivity contribution in [2.24, 2.45) is 4.99 Å². The molecule has 0 unspecified atom stereocenters. The van der Waals surface area contributed by atoms with Gasteiger partial charge in [0.05, 0.1) is 6.04 Å². The molecule has 0 saturated heterocycles. The standard InChI is InChI=1S/C12H13N5O2/c13-11-10(16-19-17-11)12(15-18)14-9-6-5-7-3-1-2-4-8(7)9/h1-4,9,18H,5-6H2,(H2,13,17)(H,14,15)/t9-/m1/s1. The molecule has 0 radical (unpaired) electrons. The Balaban J connectivity index is 1.95. The van der Waals surface area contributed by atoms with Crippen molar-refractivity contribution in [2.45, 2.75) is 18.9 Å². The van der Waals surface area contributed by atoms with Crippen LogP contribution in [0, 0.1) is 0 Å². The van der Waals surface area contributed by atoms with Crippen LogP contribution in [0.3, 0.4) is 0 Å². The Bertz CT molecular complexity index is 622. The van der Waals surface area contributed by atoms with Crippen LogP contribution in [0.1, 0.15) is 29.3 Å². The molecule has 1 aliphatic rings. The summed E-state index contributed by atoms with van der Waals surface area (Å²) in [5.74, 6) is 0.257. The van der Waals surface area contributed by atoms with Crippen molar-refractivity contribution in [1.82, 2.24) is 15.8 Å². The number of aromatic nitrogens is 2. The second-order valence-corrected chi connectivity index (χ2v) is 4.34. The minimum absolute atomic E-state index is 0.0260. The van der Waals surface area contributed by atoms with E-state index in [2.05, 4.69) is 26.0 Å². The minimum atomic E-state index is -0.0260. The van der Waals surface area contributed by atoms with E-state index in [1.165, 1.54) is 5.56 Å². The number of aliphatic imine (C=N–C) groups is 1. The zero-order chi connectivity index (χ0) is 13.2. The number of amidine groups is 1. The molecule has 0 saturated carbocycles. The van der Waals surface area contributed by atoms with Crippen LogP contribution in [0.5, 0.6) is 0 Å². The Kier molecular flexibility index (Phi) is 2.88. The van der Waals surface area contributed by atoms with Gasteiger partial charge in [0.1, 0.15) is 0 Å². The number of anilines is 1. The minimum Gasteiger partial charge on any atom is -0.379 e. The van der Waals surface area contributed by atoms with Gasteiger partial charge < -0.3 is 5.73 Å². The summed E-state index contributed by atoms with van der Waals surface area (Å²) >= 11 is 0. The van der Waals surface area contributed by atoms with Crippen LogP contribution >= 0.6 is 0 Å². The fourth-order valence-corrected chi connectivity index (χ4v) is 2.33. The lowest BCUT2D eigenvalue weighted by Crippen LogP contribution is -2.23.